The molecule has 0 bridgehead atoms. The molecule has 6 nitrogen and oxygen atoms in total. The number of nitrogens with zero attached hydrogens (tertiary/aromatic N) is 3. The van der Waals surface area contributed by atoms with E-state index in [1.807, 2.05) is 35.2 Å². The van der Waals surface area contributed by atoms with E-state index in [1.54, 1.807) is 7.11 Å². The lowest BCUT2D eigenvalue weighted by Crippen LogP contribution is -2.39. The van der Waals surface area contributed by atoms with E-state index in [2.05, 4.69) is 4.90 Å². The van der Waals surface area contributed by atoms with Gasteiger partial charge in [-0.1, -0.05) is 22.9 Å². The summed E-state index contributed by atoms with van der Waals surface area (Å²) in [7, 11) is 1.65. The summed E-state index contributed by atoms with van der Waals surface area (Å²) in [6.07, 6.45) is 1.21. The van der Waals surface area contributed by atoms with Gasteiger partial charge >= 0.3 is 0 Å². The predicted octanol–water partition coefficient (Wildman–Crippen LogP) is 4.74. The van der Waals surface area contributed by atoms with Gasteiger partial charge in [0, 0.05) is 31.1 Å². The lowest BCUT2D eigenvalue weighted by molar-refractivity contribution is -0.118. The maximum atomic E-state index is 13.2. The van der Waals surface area contributed by atoms with Crippen molar-refractivity contribution < 1.29 is 14.3 Å². The highest BCUT2D eigenvalue weighted by molar-refractivity contribution is 7.22. The number of aromatic nitrogens is 1. The number of thiophene rings is 1. The van der Waals surface area contributed by atoms with Gasteiger partial charge in [0.1, 0.15) is 5.75 Å². The van der Waals surface area contributed by atoms with Gasteiger partial charge < -0.3 is 9.47 Å². The summed E-state index contributed by atoms with van der Waals surface area (Å²) in [5, 5.41) is 0.730. The van der Waals surface area contributed by atoms with Crippen LogP contribution >= 0.6 is 46.7 Å². The highest BCUT2D eigenvalue weighted by Gasteiger charge is 2.21. The Labute approximate surface area is 201 Å². The second-order valence-corrected chi connectivity index (χ2v) is 9.87. The van der Waals surface area contributed by atoms with Crippen LogP contribution in [0.15, 0.2) is 30.3 Å². The third-order valence-corrected chi connectivity index (χ3v) is 7.30. The van der Waals surface area contributed by atoms with Crippen molar-refractivity contribution >= 4 is 67.9 Å². The van der Waals surface area contributed by atoms with E-state index < -0.39 is 0 Å². The summed E-state index contributed by atoms with van der Waals surface area (Å²) in [4.78, 5) is 23.1. The van der Waals surface area contributed by atoms with Gasteiger partial charge in [-0.15, -0.1) is 23.7 Å². The quantitative estimate of drug-likeness (QED) is 0.446. The third kappa shape index (κ3) is 6.31. The number of morpholine rings is 1. The molecule has 31 heavy (non-hydrogen) atoms. The Kier molecular flexibility index (Phi) is 8.95. The van der Waals surface area contributed by atoms with Crippen LogP contribution in [-0.2, 0) is 16.0 Å². The number of thiazole rings is 1. The molecule has 4 rings (SSSR count). The van der Waals surface area contributed by atoms with E-state index in [1.165, 1.54) is 22.7 Å². The molecule has 1 saturated heterocycles. The molecule has 2 aromatic heterocycles. The number of amides is 1. The summed E-state index contributed by atoms with van der Waals surface area (Å²) in [6.45, 7) is 5.02. The Morgan fingerprint density at radius 2 is 2.06 bits per heavy atom. The van der Waals surface area contributed by atoms with Gasteiger partial charge in [0.05, 0.1) is 41.3 Å². The SMILES string of the molecule is COc1ccc2nc(N(CCCN3CCOCC3)C(=O)Cc3ccc(Cl)s3)sc2c1.Cl. The van der Waals surface area contributed by atoms with E-state index in [0.717, 1.165) is 65.2 Å². The Hall–Kier alpha value is -1.42. The molecule has 3 heterocycles. The van der Waals surface area contributed by atoms with Crippen molar-refractivity contribution in [2.75, 3.05) is 51.4 Å². The highest BCUT2D eigenvalue weighted by Crippen LogP contribution is 2.32. The standard InChI is InChI=1S/C21H24ClN3O3S2.ClH/c1-27-15-3-5-17-18(13-15)30-21(23-17)25(8-2-7-24-9-11-28-12-10-24)20(26)14-16-4-6-19(22)29-16;/h3-6,13H,2,7-12,14H2,1H3;1H. The summed E-state index contributed by atoms with van der Waals surface area (Å²) in [5.41, 5.74) is 0.876. The number of halogens is 2. The smallest absolute Gasteiger partial charge is 0.234 e. The first-order chi connectivity index (χ1) is 14.6. The average Bonchev–Trinajstić information content (AvgIpc) is 3.36. The van der Waals surface area contributed by atoms with E-state index >= 15 is 0 Å². The molecule has 0 spiro atoms. The fourth-order valence-electron chi connectivity index (χ4n) is 3.43. The van der Waals surface area contributed by atoms with Crippen molar-refractivity contribution in [2.24, 2.45) is 0 Å². The number of carbonyl (C=O) groups excluding carboxylic acids is 1. The Balaban J connectivity index is 0.00000272. The monoisotopic (exact) mass is 501 g/mol. The molecular formula is C21H25Cl2N3O3S2. The van der Waals surface area contributed by atoms with Crippen LogP contribution in [0.25, 0.3) is 10.2 Å². The Morgan fingerprint density at radius 1 is 1.26 bits per heavy atom. The van der Waals surface area contributed by atoms with E-state index in [0.29, 0.717) is 17.3 Å². The number of carbonyl (C=O) groups is 1. The van der Waals surface area contributed by atoms with Crippen LogP contribution in [0.1, 0.15) is 11.3 Å². The van der Waals surface area contributed by atoms with Crippen LogP contribution in [0.5, 0.6) is 5.75 Å². The number of hydrogen-bond donors (Lipinski definition) is 0. The molecule has 3 aromatic rings. The maximum absolute atomic E-state index is 13.2. The van der Waals surface area contributed by atoms with Crippen molar-refractivity contribution in [2.45, 2.75) is 12.8 Å². The summed E-state index contributed by atoms with van der Waals surface area (Å²) < 4.78 is 12.5. The molecule has 0 unspecified atom stereocenters. The topological polar surface area (TPSA) is 54.9 Å². The van der Waals surface area contributed by atoms with E-state index in [9.17, 15) is 4.79 Å². The number of fused-ring (bicyclic) bond motifs is 1. The molecule has 168 valence electrons. The van der Waals surface area contributed by atoms with Gasteiger partial charge in [-0.05, 0) is 36.8 Å². The fraction of sp³-hybridized carbons (Fsp3) is 0.429. The molecule has 0 N–H and O–H groups in total. The maximum Gasteiger partial charge on any atom is 0.234 e. The lowest BCUT2D eigenvalue weighted by Gasteiger charge is -2.27. The van der Waals surface area contributed by atoms with Crippen molar-refractivity contribution in [3.63, 3.8) is 0 Å². The first-order valence-corrected chi connectivity index (χ1v) is 11.9. The number of benzene rings is 1. The molecule has 10 heteroatoms. The van der Waals surface area contributed by atoms with Crippen LogP contribution in [0, 0.1) is 0 Å². The van der Waals surface area contributed by atoms with Crippen molar-refractivity contribution in [1.29, 1.82) is 0 Å². The normalized spacial score (nSPS) is 14.4. The van der Waals surface area contributed by atoms with Crippen molar-refractivity contribution in [1.82, 2.24) is 9.88 Å². The number of methoxy groups -OCH3 is 1. The number of rotatable bonds is 8. The van der Waals surface area contributed by atoms with Crippen molar-refractivity contribution in [3.8, 4) is 5.75 Å². The minimum Gasteiger partial charge on any atom is -0.497 e. The van der Waals surface area contributed by atoms with Gasteiger partial charge in [0.15, 0.2) is 5.13 Å². The zero-order valence-electron chi connectivity index (χ0n) is 17.2. The summed E-state index contributed by atoms with van der Waals surface area (Å²) >= 11 is 9.02. The molecule has 0 radical (unpaired) electrons. The minimum atomic E-state index is 0. The zero-order chi connectivity index (χ0) is 20.9. The van der Waals surface area contributed by atoms with Gasteiger partial charge in [0.25, 0.3) is 0 Å². The molecule has 1 aliphatic heterocycles. The molecule has 0 atom stereocenters. The van der Waals surface area contributed by atoms with Crippen LogP contribution < -0.4 is 9.64 Å². The second kappa shape index (κ2) is 11.4. The first-order valence-electron chi connectivity index (χ1n) is 9.91. The Bertz CT molecular complexity index is 1000. The largest absolute Gasteiger partial charge is 0.497 e. The second-order valence-electron chi connectivity index (χ2n) is 7.07. The zero-order valence-corrected chi connectivity index (χ0v) is 20.4. The van der Waals surface area contributed by atoms with E-state index in [-0.39, 0.29) is 18.3 Å². The summed E-state index contributed by atoms with van der Waals surface area (Å²) in [6, 6.07) is 9.54. The molecule has 1 aliphatic rings. The van der Waals surface area contributed by atoms with Crippen LogP contribution in [0.3, 0.4) is 0 Å². The highest BCUT2D eigenvalue weighted by atomic mass is 35.5. The molecule has 1 fully saturated rings. The number of ether oxygens (including phenoxy) is 2. The minimum absolute atomic E-state index is 0. The average molecular weight is 502 g/mol. The third-order valence-electron chi connectivity index (χ3n) is 5.03. The first kappa shape index (κ1) is 24.2. The van der Waals surface area contributed by atoms with Gasteiger partial charge in [-0.25, -0.2) is 4.98 Å². The van der Waals surface area contributed by atoms with Gasteiger partial charge in [0.2, 0.25) is 5.91 Å². The van der Waals surface area contributed by atoms with Crippen molar-refractivity contribution in [3.05, 3.63) is 39.5 Å². The van der Waals surface area contributed by atoms with E-state index in [4.69, 9.17) is 26.1 Å². The predicted molar refractivity (Wildman–Crippen MR) is 131 cm³/mol. The molecule has 0 saturated carbocycles. The molecule has 1 aromatic carbocycles. The molecular weight excluding hydrogens is 477 g/mol. The van der Waals surface area contributed by atoms with Gasteiger partial charge in [-0.3, -0.25) is 14.6 Å². The lowest BCUT2D eigenvalue weighted by atomic mass is 10.3. The van der Waals surface area contributed by atoms with Crippen LogP contribution in [0.4, 0.5) is 5.13 Å². The fourth-order valence-corrected chi connectivity index (χ4v) is 5.55. The van der Waals surface area contributed by atoms with Crippen LogP contribution in [0.2, 0.25) is 4.34 Å². The Morgan fingerprint density at radius 3 is 2.77 bits per heavy atom. The molecule has 1 amide bonds. The molecule has 0 aliphatic carbocycles. The number of anilines is 1. The summed E-state index contributed by atoms with van der Waals surface area (Å²) in [5.74, 6) is 0.831. The van der Waals surface area contributed by atoms with Gasteiger partial charge in [-0.2, -0.15) is 0 Å². The number of hydrogen-bond acceptors (Lipinski definition) is 7. The van der Waals surface area contributed by atoms with Crippen LogP contribution in [-0.4, -0.2) is 62.3 Å².